The lowest BCUT2D eigenvalue weighted by atomic mass is 9.93. The van der Waals surface area contributed by atoms with Crippen LogP contribution in [0.4, 0.5) is 4.39 Å². The van der Waals surface area contributed by atoms with Crippen LogP contribution in [-0.2, 0) is 6.42 Å². The van der Waals surface area contributed by atoms with E-state index < -0.39 is 11.7 Å². The second-order valence-electron chi connectivity index (χ2n) is 9.29. The van der Waals surface area contributed by atoms with Gasteiger partial charge in [-0.05, 0) is 86.2 Å². The first-order chi connectivity index (χ1) is 16.3. The standard InChI is InChI=1S/C26H35BrClFN4O/c1-17-15-22(27)19(16-23(17)28)10-11-20-21(8-5-9-24(20)29)25(34)32-26(30)31-12-6-14-33-13-4-3-7-18(33)2/h5,8-9,16-18H,3-4,6-7,10-15H2,1-2H3,(H3,30,31,32,34). The van der Waals surface area contributed by atoms with E-state index in [1.807, 2.05) is 6.08 Å². The second kappa shape index (κ2) is 12.8. The molecule has 1 aromatic carbocycles. The van der Waals surface area contributed by atoms with E-state index in [0.717, 1.165) is 41.0 Å². The largest absolute Gasteiger partial charge is 0.370 e. The Morgan fingerprint density at radius 3 is 2.88 bits per heavy atom. The number of halogens is 3. The third-order valence-electron chi connectivity index (χ3n) is 6.69. The van der Waals surface area contributed by atoms with E-state index in [2.05, 4.69) is 45.0 Å². The van der Waals surface area contributed by atoms with E-state index in [0.29, 0.717) is 31.0 Å². The topological polar surface area (TPSA) is 70.7 Å². The van der Waals surface area contributed by atoms with Crippen molar-refractivity contribution in [1.82, 2.24) is 10.2 Å². The molecule has 3 rings (SSSR count). The quantitative estimate of drug-likeness (QED) is 0.240. The van der Waals surface area contributed by atoms with Crippen LogP contribution in [0.2, 0.25) is 0 Å². The van der Waals surface area contributed by atoms with Crippen molar-refractivity contribution in [3.8, 4) is 0 Å². The molecule has 1 saturated heterocycles. The monoisotopic (exact) mass is 552 g/mol. The third kappa shape index (κ3) is 7.40. The summed E-state index contributed by atoms with van der Waals surface area (Å²) in [4.78, 5) is 19.6. The van der Waals surface area contributed by atoms with Crippen LogP contribution in [0.3, 0.4) is 0 Å². The number of nitrogens with two attached hydrogens (primary N) is 1. The number of likely N-dealkylation sites (tertiary alicyclic amines) is 1. The van der Waals surface area contributed by atoms with Crippen molar-refractivity contribution in [3.63, 3.8) is 0 Å². The van der Waals surface area contributed by atoms with Gasteiger partial charge in [0.15, 0.2) is 5.96 Å². The van der Waals surface area contributed by atoms with Gasteiger partial charge in [-0.15, -0.1) is 0 Å². The average molecular weight is 554 g/mol. The van der Waals surface area contributed by atoms with Crippen LogP contribution in [0, 0.1) is 11.7 Å². The van der Waals surface area contributed by atoms with E-state index >= 15 is 0 Å². The lowest BCUT2D eigenvalue weighted by Crippen LogP contribution is -2.39. The molecule has 2 aliphatic rings. The number of hydrogen-bond acceptors (Lipinski definition) is 3. The highest BCUT2D eigenvalue weighted by molar-refractivity contribution is 9.11. The van der Waals surface area contributed by atoms with Gasteiger partial charge in [0.25, 0.3) is 5.91 Å². The number of rotatable bonds is 8. The summed E-state index contributed by atoms with van der Waals surface area (Å²) in [7, 11) is 0. The van der Waals surface area contributed by atoms with Crippen molar-refractivity contribution in [2.45, 2.75) is 64.8 Å². The minimum absolute atomic E-state index is 0.0633. The van der Waals surface area contributed by atoms with Gasteiger partial charge in [-0.2, -0.15) is 0 Å². The molecule has 5 nitrogen and oxygen atoms in total. The molecule has 0 radical (unpaired) electrons. The number of aliphatic imine (C=N–C) groups is 1. The van der Waals surface area contributed by atoms with E-state index in [9.17, 15) is 9.18 Å². The van der Waals surface area contributed by atoms with E-state index in [1.165, 1.54) is 31.4 Å². The first kappa shape index (κ1) is 26.9. The fraction of sp³-hybridized carbons (Fsp3) is 0.538. The van der Waals surface area contributed by atoms with Gasteiger partial charge in [0.05, 0.1) is 0 Å². The Bertz CT molecular complexity index is 978. The first-order valence-electron chi connectivity index (χ1n) is 12.1. The van der Waals surface area contributed by atoms with Gasteiger partial charge in [0.1, 0.15) is 5.82 Å². The van der Waals surface area contributed by atoms with E-state index in [-0.39, 0.29) is 17.4 Å². The number of carbonyl (C=O) groups excluding carboxylic acids is 1. The number of amides is 1. The molecule has 2 unspecified atom stereocenters. The van der Waals surface area contributed by atoms with Gasteiger partial charge in [-0.3, -0.25) is 15.1 Å². The number of piperidine rings is 1. The van der Waals surface area contributed by atoms with Crippen LogP contribution in [0.15, 0.2) is 44.4 Å². The predicted octanol–water partition coefficient (Wildman–Crippen LogP) is 5.88. The molecule has 8 heteroatoms. The van der Waals surface area contributed by atoms with Crippen LogP contribution in [0.25, 0.3) is 0 Å². The zero-order valence-electron chi connectivity index (χ0n) is 20.0. The maximum atomic E-state index is 14.7. The number of carbonyl (C=O) groups is 1. The van der Waals surface area contributed by atoms with Gasteiger partial charge >= 0.3 is 0 Å². The Morgan fingerprint density at radius 2 is 2.12 bits per heavy atom. The molecule has 1 heterocycles. The normalized spacial score (nSPS) is 22.0. The van der Waals surface area contributed by atoms with Crippen LogP contribution in [0.1, 0.15) is 68.3 Å². The molecule has 1 aromatic rings. The lowest BCUT2D eigenvalue weighted by Gasteiger charge is -2.33. The summed E-state index contributed by atoms with van der Waals surface area (Å²) in [6.07, 6.45) is 8.38. The number of hydrogen-bond donors (Lipinski definition) is 2. The van der Waals surface area contributed by atoms with Crippen molar-refractivity contribution >= 4 is 39.4 Å². The van der Waals surface area contributed by atoms with Gasteiger partial charge in [-0.25, -0.2) is 4.39 Å². The molecule has 0 aromatic heterocycles. The number of allylic oxidation sites excluding steroid dienone is 4. The summed E-state index contributed by atoms with van der Waals surface area (Å²) >= 11 is 9.94. The van der Waals surface area contributed by atoms with Gasteiger partial charge in [0.2, 0.25) is 0 Å². The van der Waals surface area contributed by atoms with Gasteiger partial charge in [-0.1, -0.05) is 46.9 Å². The zero-order chi connectivity index (χ0) is 24.7. The molecule has 3 N–H and O–H groups in total. The molecule has 1 amide bonds. The van der Waals surface area contributed by atoms with Crippen molar-refractivity contribution in [2.75, 3.05) is 19.6 Å². The molecular formula is C26H35BrClFN4O. The summed E-state index contributed by atoms with van der Waals surface area (Å²) < 4.78 is 15.8. The average Bonchev–Trinajstić information content (AvgIpc) is 2.79. The highest BCUT2D eigenvalue weighted by Crippen LogP contribution is 2.36. The highest BCUT2D eigenvalue weighted by atomic mass is 79.9. The van der Waals surface area contributed by atoms with Crippen LogP contribution >= 0.6 is 27.5 Å². The molecule has 0 saturated carbocycles. The number of nitrogens with zero attached hydrogens (tertiary/aromatic N) is 2. The zero-order valence-corrected chi connectivity index (χ0v) is 22.4. The van der Waals surface area contributed by atoms with Crippen molar-refractivity contribution in [3.05, 3.63) is 56.3 Å². The molecule has 1 fully saturated rings. The Morgan fingerprint density at radius 1 is 1.32 bits per heavy atom. The Kier molecular flexibility index (Phi) is 10.2. The smallest absolute Gasteiger partial charge is 0.258 e. The molecule has 1 aliphatic heterocycles. The highest BCUT2D eigenvalue weighted by Gasteiger charge is 2.20. The number of benzene rings is 1. The molecule has 0 spiro atoms. The Balaban J connectivity index is 1.58. The van der Waals surface area contributed by atoms with Crippen molar-refractivity contribution in [1.29, 1.82) is 0 Å². The number of nitrogens with one attached hydrogen (secondary N) is 1. The minimum atomic E-state index is -0.445. The summed E-state index contributed by atoms with van der Waals surface area (Å²) in [5, 5.41) is 3.42. The summed E-state index contributed by atoms with van der Waals surface area (Å²) in [5.41, 5.74) is 7.63. The van der Waals surface area contributed by atoms with Gasteiger partial charge < -0.3 is 10.6 Å². The van der Waals surface area contributed by atoms with Crippen LogP contribution in [-0.4, -0.2) is 42.4 Å². The third-order valence-corrected chi connectivity index (χ3v) is 8.01. The molecule has 34 heavy (non-hydrogen) atoms. The molecule has 2 atom stereocenters. The number of guanidine groups is 1. The molecule has 0 bridgehead atoms. The van der Waals surface area contributed by atoms with Crippen LogP contribution < -0.4 is 11.1 Å². The maximum absolute atomic E-state index is 14.7. The SMILES string of the molecule is CC1CC(Br)=C(CCc2c(F)cccc2C(=O)NC(N)=NCCCN2CCCCC2C)C=C1Cl. The molecular weight excluding hydrogens is 519 g/mol. The van der Waals surface area contributed by atoms with Crippen molar-refractivity contribution in [2.24, 2.45) is 16.6 Å². The molecule has 186 valence electrons. The Labute approximate surface area is 215 Å². The van der Waals surface area contributed by atoms with E-state index in [4.69, 9.17) is 17.3 Å². The summed E-state index contributed by atoms with van der Waals surface area (Å²) in [5.74, 6) is -0.525. The predicted molar refractivity (Wildman–Crippen MR) is 142 cm³/mol. The fourth-order valence-corrected chi connectivity index (χ4v) is 5.57. The Hall–Kier alpha value is -1.70. The molecule has 1 aliphatic carbocycles. The minimum Gasteiger partial charge on any atom is -0.370 e. The van der Waals surface area contributed by atoms with Crippen molar-refractivity contribution < 1.29 is 9.18 Å². The lowest BCUT2D eigenvalue weighted by molar-refractivity contribution is 0.0975. The van der Waals surface area contributed by atoms with Crippen LogP contribution in [0.5, 0.6) is 0 Å². The van der Waals surface area contributed by atoms with E-state index in [1.54, 1.807) is 6.07 Å². The fourth-order valence-electron chi connectivity index (χ4n) is 4.56. The maximum Gasteiger partial charge on any atom is 0.258 e. The summed E-state index contributed by atoms with van der Waals surface area (Å²) in [6.45, 7) is 6.98. The first-order valence-corrected chi connectivity index (χ1v) is 13.3. The van der Waals surface area contributed by atoms with Gasteiger partial charge in [0, 0.05) is 35.3 Å². The summed E-state index contributed by atoms with van der Waals surface area (Å²) in [6, 6.07) is 5.14. The second-order valence-corrected chi connectivity index (χ2v) is 10.7.